The van der Waals surface area contributed by atoms with E-state index in [1.807, 2.05) is 42.5 Å². The second kappa shape index (κ2) is 7.94. The van der Waals surface area contributed by atoms with Crippen molar-refractivity contribution >= 4 is 38.7 Å². The summed E-state index contributed by atoms with van der Waals surface area (Å²) in [6, 6.07) is 13.7. The van der Waals surface area contributed by atoms with Crippen molar-refractivity contribution in [3.8, 4) is 5.75 Å². The Morgan fingerprint density at radius 2 is 1.92 bits per heavy atom. The Morgan fingerprint density at radius 3 is 2.72 bits per heavy atom. The maximum Gasteiger partial charge on any atom is 0.331 e. The lowest BCUT2D eigenvalue weighted by Gasteiger charge is -2.04. The molecule has 0 spiro atoms. The number of hydrogen-bond donors (Lipinski definition) is 0. The van der Waals surface area contributed by atoms with E-state index in [1.165, 1.54) is 6.08 Å². The van der Waals surface area contributed by atoms with Crippen LogP contribution in [0.4, 0.5) is 0 Å². The van der Waals surface area contributed by atoms with E-state index >= 15 is 0 Å². The van der Waals surface area contributed by atoms with Crippen LogP contribution in [0.25, 0.3) is 16.8 Å². The normalized spacial score (nSPS) is 11.0. The molecule has 0 amide bonds. The molecular weight excluding hydrogens is 382 g/mol. The van der Waals surface area contributed by atoms with Gasteiger partial charge in [0.25, 0.3) is 0 Å². The summed E-state index contributed by atoms with van der Waals surface area (Å²) in [6.45, 7) is 0.188. The van der Waals surface area contributed by atoms with Gasteiger partial charge < -0.3 is 9.47 Å². The van der Waals surface area contributed by atoms with Gasteiger partial charge in [0.2, 0.25) is 0 Å². The third-order valence-electron chi connectivity index (χ3n) is 3.63. The monoisotopic (exact) mass is 397 g/mol. The van der Waals surface area contributed by atoms with Crippen LogP contribution in [0.2, 0.25) is 0 Å². The number of methoxy groups -OCH3 is 1. The number of rotatable bonds is 5. The van der Waals surface area contributed by atoms with Gasteiger partial charge in [0.05, 0.1) is 7.11 Å². The van der Waals surface area contributed by atoms with E-state index in [0.29, 0.717) is 0 Å². The molecule has 2 aromatic carbocycles. The fourth-order valence-electron chi connectivity index (χ4n) is 2.37. The van der Waals surface area contributed by atoms with Gasteiger partial charge in [-0.3, -0.25) is 4.98 Å². The Bertz CT molecular complexity index is 937. The van der Waals surface area contributed by atoms with Crippen molar-refractivity contribution in [3.63, 3.8) is 0 Å². The molecule has 3 aromatic rings. The first kappa shape index (κ1) is 17.2. The second-order valence-corrected chi connectivity index (χ2v) is 6.34. The molecule has 0 atom stereocenters. The van der Waals surface area contributed by atoms with E-state index in [-0.39, 0.29) is 6.61 Å². The van der Waals surface area contributed by atoms with Gasteiger partial charge in [-0.25, -0.2) is 4.79 Å². The summed E-state index contributed by atoms with van der Waals surface area (Å²) in [4.78, 5) is 15.9. The van der Waals surface area contributed by atoms with Crippen molar-refractivity contribution in [2.24, 2.45) is 0 Å². The number of pyridine rings is 1. The van der Waals surface area contributed by atoms with Crippen LogP contribution in [0, 0.1) is 0 Å². The molecule has 25 heavy (non-hydrogen) atoms. The summed E-state index contributed by atoms with van der Waals surface area (Å²) in [5.41, 5.74) is 1.76. The highest BCUT2D eigenvalue weighted by atomic mass is 79.9. The van der Waals surface area contributed by atoms with Crippen molar-refractivity contribution in [2.45, 2.75) is 6.61 Å². The molecule has 5 heteroatoms. The molecule has 0 saturated carbocycles. The standard InChI is InChI=1S/C20H16BrNO3/c1-24-19-6-5-16-8-14(2-4-17(16)10-19)3-7-20(23)25-13-15-9-18(21)12-22-11-15/h2-12H,13H2,1H3/b7-3+. The molecule has 126 valence electrons. The number of hydrogen-bond acceptors (Lipinski definition) is 4. The van der Waals surface area contributed by atoms with Crippen LogP contribution >= 0.6 is 15.9 Å². The number of aromatic nitrogens is 1. The Balaban J connectivity index is 1.64. The summed E-state index contributed by atoms with van der Waals surface area (Å²) in [5.74, 6) is 0.427. The summed E-state index contributed by atoms with van der Waals surface area (Å²) < 4.78 is 11.3. The number of carbonyl (C=O) groups excluding carboxylic acids is 1. The molecule has 0 N–H and O–H groups in total. The molecule has 0 aliphatic rings. The van der Waals surface area contributed by atoms with Crippen molar-refractivity contribution in [3.05, 3.63) is 76.5 Å². The first-order valence-corrected chi connectivity index (χ1v) is 8.45. The van der Waals surface area contributed by atoms with Crippen molar-refractivity contribution in [2.75, 3.05) is 7.11 Å². The molecule has 4 nitrogen and oxygen atoms in total. The molecule has 0 unspecified atom stereocenters. The first-order valence-electron chi connectivity index (χ1n) is 7.66. The van der Waals surface area contributed by atoms with Gasteiger partial charge in [-0.05, 0) is 62.6 Å². The van der Waals surface area contributed by atoms with Gasteiger partial charge in [0, 0.05) is 28.5 Å². The quantitative estimate of drug-likeness (QED) is 0.459. The summed E-state index contributed by atoms with van der Waals surface area (Å²) >= 11 is 3.33. The van der Waals surface area contributed by atoms with Gasteiger partial charge in [0.1, 0.15) is 12.4 Å². The highest BCUT2D eigenvalue weighted by Crippen LogP contribution is 2.22. The molecule has 0 bridgehead atoms. The highest BCUT2D eigenvalue weighted by molar-refractivity contribution is 9.10. The Kier molecular flexibility index (Phi) is 5.46. The number of carbonyl (C=O) groups is 1. The van der Waals surface area contributed by atoms with Crippen LogP contribution in [0.5, 0.6) is 5.75 Å². The second-order valence-electron chi connectivity index (χ2n) is 5.42. The lowest BCUT2D eigenvalue weighted by atomic mass is 10.1. The van der Waals surface area contributed by atoms with Gasteiger partial charge in [-0.2, -0.15) is 0 Å². The lowest BCUT2D eigenvalue weighted by Crippen LogP contribution is -2.01. The summed E-state index contributed by atoms with van der Waals surface area (Å²) in [7, 11) is 1.65. The van der Waals surface area contributed by atoms with Crippen LogP contribution < -0.4 is 4.74 Å². The minimum Gasteiger partial charge on any atom is -0.497 e. The maximum atomic E-state index is 11.9. The van der Waals surface area contributed by atoms with E-state index in [1.54, 1.807) is 25.6 Å². The van der Waals surface area contributed by atoms with Gasteiger partial charge in [-0.15, -0.1) is 0 Å². The molecule has 1 aromatic heterocycles. The molecule has 0 saturated heterocycles. The molecule has 0 aliphatic carbocycles. The fourth-order valence-corrected chi connectivity index (χ4v) is 2.79. The van der Waals surface area contributed by atoms with E-state index in [9.17, 15) is 4.79 Å². The molecular formula is C20H16BrNO3. The summed E-state index contributed by atoms with van der Waals surface area (Å²) in [6.07, 6.45) is 6.52. The smallest absolute Gasteiger partial charge is 0.331 e. The average molecular weight is 398 g/mol. The van der Waals surface area contributed by atoms with Crippen LogP contribution in [0.15, 0.2) is 65.4 Å². The number of ether oxygens (including phenoxy) is 2. The average Bonchev–Trinajstić information content (AvgIpc) is 2.64. The zero-order valence-electron chi connectivity index (χ0n) is 13.6. The van der Waals surface area contributed by atoms with Gasteiger partial charge >= 0.3 is 5.97 Å². The number of esters is 1. The van der Waals surface area contributed by atoms with E-state index < -0.39 is 5.97 Å². The van der Waals surface area contributed by atoms with Crippen molar-refractivity contribution < 1.29 is 14.3 Å². The Hall–Kier alpha value is -2.66. The molecule has 0 fully saturated rings. The minimum atomic E-state index is -0.394. The highest BCUT2D eigenvalue weighted by Gasteiger charge is 2.01. The third kappa shape index (κ3) is 4.67. The number of nitrogens with zero attached hydrogens (tertiary/aromatic N) is 1. The first-order chi connectivity index (χ1) is 12.1. The minimum absolute atomic E-state index is 0.188. The molecule has 0 aliphatic heterocycles. The molecule has 1 heterocycles. The number of halogens is 1. The molecule has 3 rings (SSSR count). The largest absolute Gasteiger partial charge is 0.497 e. The lowest BCUT2D eigenvalue weighted by molar-refractivity contribution is -0.138. The number of fused-ring (bicyclic) bond motifs is 1. The van der Waals surface area contributed by atoms with Crippen LogP contribution in [-0.2, 0) is 16.1 Å². The summed E-state index contributed by atoms with van der Waals surface area (Å²) in [5, 5.41) is 2.16. The SMILES string of the molecule is COc1ccc2cc(/C=C/C(=O)OCc3cncc(Br)c3)ccc2c1. The predicted molar refractivity (Wildman–Crippen MR) is 101 cm³/mol. The van der Waals surface area contributed by atoms with Crippen LogP contribution in [-0.4, -0.2) is 18.1 Å². The van der Waals surface area contributed by atoms with Crippen molar-refractivity contribution in [1.29, 1.82) is 0 Å². The van der Waals surface area contributed by atoms with E-state index in [4.69, 9.17) is 9.47 Å². The zero-order chi connectivity index (χ0) is 17.6. The molecule has 0 radical (unpaired) electrons. The van der Waals surface area contributed by atoms with Crippen LogP contribution in [0.3, 0.4) is 0 Å². The van der Waals surface area contributed by atoms with Gasteiger partial charge in [-0.1, -0.05) is 18.2 Å². The fraction of sp³-hybridized carbons (Fsp3) is 0.100. The zero-order valence-corrected chi connectivity index (χ0v) is 15.2. The van der Waals surface area contributed by atoms with E-state index in [0.717, 1.165) is 32.1 Å². The Morgan fingerprint density at radius 1 is 1.12 bits per heavy atom. The van der Waals surface area contributed by atoms with Gasteiger partial charge in [0.15, 0.2) is 0 Å². The Labute approximate surface area is 154 Å². The number of benzene rings is 2. The third-order valence-corrected chi connectivity index (χ3v) is 4.06. The van der Waals surface area contributed by atoms with E-state index in [2.05, 4.69) is 20.9 Å². The maximum absolute atomic E-state index is 11.9. The predicted octanol–water partition coefficient (Wildman–Crippen LogP) is 4.76. The topological polar surface area (TPSA) is 48.4 Å². The van der Waals surface area contributed by atoms with Crippen LogP contribution in [0.1, 0.15) is 11.1 Å². The van der Waals surface area contributed by atoms with Crippen molar-refractivity contribution in [1.82, 2.24) is 4.98 Å².